The number of halogens is 4. The Hall–Kier alpha value is -2.04. The largest absolute Gasteiger partial charge is 0.494 e. The van der Waals surface area contributed by atoms with Crippen LogP contribution in [0.25, 0.3) is 10.2 Å². The normalized spacial score (nSPS) is 14.2. The number of methoxy groups -OCH3 is 1. The van der Waals surface area contributed by atoms with Crippen molar-refractivity contribution in [3.63, 3.8) is 0 Å². The molecule has 3 aromatic rings. The van der Waals surface area contributed by atoms with E-state index in [1.54, 1.807) is 12.1 Å². The summed E-state index contributed by atoms with van der Waals surface area (Å²) in [6, 6.07) is 6.54. The predicted molar refractivity (Wildman–Crippen MR) is 124 cm³/mol. The fraction of sp³-hybridized carbons (Fsp3) is 0.333. The average Bonchev–Trinajstić information content (AvgIpc) is 3.23. The Bertz CT molecular complexity index is 1110. The van der Waals surface area contributed by atoms with Crippen molar-refractivity contribution in [3.8, 4) is 5.75 Å². The number of nitrogens with zero attached hydrogens (tertiary/aromatic N) is 3. The molecule has 2 heterocycles. The Balaban J connectivity index is 0.00000289. The number of amides is 1. The molecule has 0 aliphatic carbocycles. The zero-order valence-corrected chi connectivity index (χ0v) is 19.5. The highest BCUT2D eigenvalue weighted by Gasteiger charge is 2.25. The van der Waals surface area contributed by atoms with Gasteiger partial charge in [0.1, 0.15) is 11.3 Å². The Morgan fingerprint density at radius 3 is 2.69 bits per heavy atom. The van der Waals surface area contributed by atoms with Crippen LogP contribution in [-0.2, 0) is 4.74 Å². The van der Waals surface area contributed by atoms with E-state index in [1.807, 2.05) is 0 Å². The summed E-state index contributed by atoms with van der Waals surface area (Å²) in [7, 11) is 1.53. The summed E-state index contributed by atoms with van der Waals surface area (Å²) in [4.78, 5) is 21.5. The molecule has 6 nitrogen and oxygen atoms in total. The van der Waals surface area contributed by atoms with Crippen molar-refractivity contribution in [3.05, 3.63) is 52.6 Å². The van der Waals surface area contributed by atoms with E-state index in [0.717, 1.165) is 25.2 Å². The monoisotopic (exact) mass is 503 g/mol. The molecule has 32 heavy (non-hydrogen) atoms. The molecule has 0 radical (unpaired) electrons. The second kappa shape index (κ2) is 10.7. The number of hydrogen-bond acceptors (Lipinski definition) is 6. The molecule has 0 spiro atoms. The molecule has 1 saturated heterocycles. The predicted octanol–water partition coefficient (Wildman–Crippen LogP) is 4.64. The second-order valence-electron chi connectivity index (χ2n) is 6.96. The van der Waals surface area contributed by atoms with Gasteiger partial charge < -0.3 is 9.47 Å². The zero-order valence-electron chi connectivity index (χ0n) is 17.1. The molecule has 0 saturated carbocycles. The van der Waals surface area contributed by atoms with Crippen LogP contribution in [0.3, 0.4) is 0 Å². The summed E-state index contributed by atoms with van der Waals surface area (Å²) < 4.78 is 38.6. The molecule has 1 aliphatic heterocycles. The van der Waals surface area contributed by atoms with Crippen LogP contribution in [0.2, 0.25) is 5.02 Å². The lowest BCUT2D eigenvalue weighted by Crippen LogP contribution is -2.43. The third-order valence-electron chi connectivity index (χ3n) is 5.05. The van der Waals surface area contributed by atoms with Crippen LogP contribution < -0.4 is 9.64 Å². The van der Waals surface area contributed by atoms with E-state index in [9.17, 15) is 13.6 Å². The van der Waals surface area contributed by atoms with Gasteiger partial charge in [-0.1, -0.05) is 22.9 Å². The van der Waals surface area contributed by atoms with Crippen LogP contribution in [0, 0.1) is 11.6 Å². The fourth-order valence-corrected chi connectivity index (χ4v) is 4.64. The molecular weight excluding hydrogens is 483 g/mol. The summed E-state index contributed by atoms with van der Waals surface area (Å²) in [5.41, 5.74) is 0.586. The van der Waals surface area contributed by atoms with Gasteiger partial charge in [0.25, 0.3) is 5.91 Å². The maximum absolute atomic E-state index is 13.8. The van der Waals surface area contributed by atoms with Gasteiger partial charge in [0.15, 0.2) is 16.8 Å². The molecule has 0 unspecified atom stereocenters. The highest BCUT2D eigenvalue weighted by Crippen LogP contribution is 2.39. The first-order valence-electron chi connectivity index (χ1n) is 9.68. The molecular formula is C21H21Cl2F2N3O3S. The number of hydrogen-bond donors (Lipinski definition) is 0. The summed E-state index contributed by atoms with van der Waals surface area (Å²) in [6.07, 6.45) is 0. The van der Waals surface area contributed by atoms with Gasteiger partial charge >= 0.3 is 0 Å². The Morgan fingerprint density at radius 2 is 2.00 bits per heavy atom. The number of thiazole rings is 1. The number of morpholine rings is 1. The number of ether oxygens (including phenoxy) is 2. The molecule has 11 heteroatoms. The van der Waals surface area contributed by atoms with E-state index in [1.165, 1.54) is 29.4 Å². The smallest absolute Gasteiger partial charge is 0.260 e. The van der Waals surface area contributed by atoms with E-state index in [4.69, 9.17) is 21.1 Å². The fourth-order valence-electron chi connectivity index (χ4n) is 3.36. The van der Waals surface area contributed by atoms with Gasteiger partial charge in [-0.2, -0.15) is 0 Å². The van der Waals surface area contributed by atoms with Crippen molar-refractivity contribution in [2.24, 2.45) is 0 Å². The lowest BCUT2D eigenvalue weighted by Gasteiger charge is -2.29. The molecule has 4 rings (SSSR count). The number of carbonyl (C=O) groups is 1. The van der Waals surface area contributed by atoms with Crippen LogP contribution in [0.4, 0.5) is 13.9 Å². The van der Waals surface area contributed by atoms with Crippen molar-refractivity contribution in [1.29, 1.82) is 0 Å². The van der Waals surface area contributed by atoms with Crippen LogP contribution in [-0.4, -0.2) is 62.3 Å². The first kappa shape index (κ1) is 24.6. The van der Waals surface area contributed by atoms with Crippen LogP contribution in [0.15, 0.2) is 30.3 Å². The molecule has 1 aromatic heterocycles. The maximum atomic E-state index is 13.8. The molecule has 0 bridgehead atoms. The van der Waals surface area contributed by atoms with Crippen molar-refractivity contribution in [2.45, 2.75) is 0 Å². The van der Waals surface area contributed by atoms with Gasteiger partial charge in [-0.3, -0.25) is 14.6 Å². The average molecular weight is 504 g/mol. The standard InChI is InChI=1S/C21H20ClF2N3O3S.ClH/c1-29-17-5-3-14(22)19-18(17)25-21(31-19)27(7-6-26-8-10-30-11-9-26)20(28)13-2-4-15(23)16(24)12-13;/h2-5,12H,6-11H2,1H3;1H. The summed E-state index contributed by atoms with van der Waals surface area (Å²) >= 11 is 7.59. The molecule has 0 atom stereocenters. The highest BCUT2D eigenvalue weighted by molar-refractivity contribution is 7.23. The van der Waals surface area contributed by atoms with Gasteiger partial charge in [-0.25, -0.2) is 13.8 Å². The molecule has 1 amide bonds. The van der Waals surface area contributed by atoms with Crippen LogP contribution >= 0.6 is 35.3 Å². The maximum Gasteiger partial charge on any atom is 0.260 e. The lowest BCUT2D eigenvalue weighted by atomic mass is 10.2. The third-order valence-corrected chi connectivity index (χ3v) is 6.59. The van der Waals surface area contributed by atoms with E-state index in [-0.39, 0.29) is 18.0 Å². The number of carbonyl (C=O) groups excluding carboxylic acids is 1. The van der Waals surface area contributed by atoms with Crippen LogP contribution in [0.5, 0.6) is 5.75 Å². The number of fused-ring (bicyclic) bond motifs is 1. The van der Waals surface area contributed by atoms with E-state index >= 15 is 0 Å². The summed E-state index contributed by atoms with van der Waals surface area (Å²) in [5, 5.41) is 0.900. The van der Waals surface area contributed by atoms with E-state index in [0.29, 0.717) is 52.4 Å². The minimum absolute atomic E-state index is 0. The number of benzene rings is 2. The lowest BCUT2D eigenvalue weighted by molar-refractivity contribution is 0.0391. The molecule has 2 aromatic carbocycles. The van der Waals surface area contributed by atoms with Gasteiger partial charge in [-0.05, 0) is 30.3 Å². The van der Waals surface area contributed by atoms with Gasteiger partial charge in [-0.15, -0.1) is 12.4 Å². The van der Waals surface area contributed by atoms with Gasteiger partial charge in [0, 0.05) is 31.7 Å². The Labute approximate surface area is 199 Å². The van der Waals surface area contributed by atoms with Crippen molar-refractivity contribution < 1.29 is 23.0 Å². The molecule has 1 fully saturated rings. The number of anilines is 1. The first-order valence-corrected chi connectivity index (χ1v) is 10.9. The highest BCUT2D eigenvalue weighted by atomic mass is 35.5. The second-order valence-corrected chi connectivity index (χ2v) is 8.35. The number of rotatable bonds is 6. The van der Waals surface area contributed by atoms with Gasteiger partial charge in [0.2, 0.25) is 0 Å². The van der Waals surface area contributed by atoms with Crippen molar-refractivity contribution >= 4 is 56.6 Å². The summed E-state index contributed by atoms with van der Waals surface area (Å²) in [5.74, 6) is -2.02. The quantitative estimate of drug-likeness (QED) is 0.490. The van der Waals surface area contributed by atoms with Crippen LogP contribution in [0.1, 0.15) is 10.4 Å². The minimum atomic E-state index is -1.08. The Kier molecular flexibility index (Phi) is 8.24. The molecule has 172 valence electrons. The molecule has 1 aliphatic rings. The summed E-state index contributed by atoms with van der Waals surface area (Å²) in [6.45, 7) is 3.67. The SMILES string of the molecule is COc1ccc(Cl)c2sc(N(CCN3CCOCC3)C(=O)c3ccc(F)c(F)c3)nc12.Cl. The van der Waals surface area contributed by atoms with E-state index < -0.39 is 17.5 Å². The minimum Gasteiger partial charge on any atom is -0.494 e. The first-order chi connectivity index (χ1) is 15.0. The zero-order chi connectivity index (χ0) is 22.0. The van der Waals surface area contributed by atoms with Gasteiger partial charge in [0.05, 0.1) is 30.0 Å². The Morgan fingerprint density at radius 1 is 1.25 bits per heavy atom. The van der Waals surface area contributed by atoms with Crippen molar-refractivity contribution in [2.75, 3.05) is 51.4 Å². The van der Waals surface area contributed by atoms with E-state index in [2.05, 4.69) is 9.88 Å². The van der Waals surface area contributed by atoms with Crippen molar-refractivity contribution in [1.82, 2.24) is 9.88 Å². The topological polar surface area (TPSA) is 54.9 Å². The third kappa shape index (κ3) is 5.13. The number of aromatic nitrogens is 1. The molecule has 0 N–H and O–H groups in total.